The van der Waals surface area contributed by atoms with E-state index >= 15 is 0 Å². The quantitative estimate of drug-likeness (QED) is 0.634. The van der Waals surface area contributed by atoms with Crippen LogP contribution in [-0.2, 0) is 14.4 Å². The minimum Gasteiger partial charge on any atom is -0.497 e. The number of methoxy groups -OCH3 is 1. The van der Waals surface area contributed by atoms with Gasteiger partial charge in [0, 0.05) is 6.20 Å². The molecule has 0 spiro atoms. The van der Waals surface area contributed by atoms with E-state index in [9.17, 15) is 14.4 Å². The fourth-order valence-electron chi connectivity index (χ4n) is 2.99. The number of benzene rings is 1. The lowest BCUT2D eigenvalue weighted by Gasteiger charge is -2.26. The van der Waals surface area contributed by atoms with Crippen LogP contribution in [0.5, 0.6) is 5.75 Å². The monoisotopic (exact) mass is 324 g/mol. The molecule has 2 heterocycles. The summed E-state index contributed by atoms with van der Waals surface area (Å²) in [4.78, 5) is 42.3. The molecule has 1 saturated heterocycles. The van der Waals surface area contributed by atoms with E-state index in [1.165, 1.54) is 18.0 Å². The number of amides is 1. The number of Topliss-reactive ketones (excluding diaryl/α,β-unsaturated/α-hetero) is 2. The second kappa shape index (κ2) is 6.23. The Bertz CT molecular complexity index is 786. The van der Waals surface area contributed by atoms with Crippen molar-refractivity contribution in [1.82, 2.24) is 4.98 Å². The lowest BCUT2D eigenvalue weighted by Crippen LogP contribution is -2.30. The van der Waals surface area contributed by atoms with Crippen LogP contribution in [0.15, 0.2) is 48.8 Å². The molecule has 1 aromatic heterocycles. The van der Waals surface area contributed by atoms with Crippen LogP contribution in [0, 0.1) is 5.92 Å². The van der Waals surface area contributed by atoms with Crippen LogP contribution >= 0.6 is 0 Å². The zero-order valence-corrected chi connectivity index (χ0v) is 13.3. The average molecular weight is 324 g/mol. The Labute approximate surface area is 139 Å². The summed E-state index contributed by atoms with van der Waals surface area (Å²) >= 11 is 0. The zero-order chi connectivity index (χ0) is 17.3. The van der Waals surface area contributed by atoms with E-state index in [2.05, 4.69) is 4.98 Å². The highest BCUT2D eigenvalue weighted by atomic mass is 16.5. The molecule has 24 heavy (non-hydrogen) atoms. The molecule has 1 aliphatic heterocycles. The van der Waals surface area contributed by atoms with Crippen LogP contribution in [0.2, 0.25) is 0 Å². The highest BCUT2D eigenvalue weighted by Gasteiger charge is 2.50. The van der Waals surface area contributed by atoms with Crippen LogP contribution in [0.4, 0.5) is 5.69 Å². The minimum atomic E-state index is -1.02. The summed E-state index contributed by atoms with van der Waals surface area (Å²) in [6, 6.07) is 9.68. The first-order chi connectivity index (χ1) is 11.5. The van der Waals surface area contributed by atoms with Crippen LogP contribution in [0.3, 0.4) is 0 Å². The van der Waals surface area contributed by atoms with Gasteiger partial charge in [-0.25, -0.2) is 0 Å². The molecule has 0 saturated carbocycles. The molecule has 6 nitrogen and oxygen atoms in total. The van der Waals surface area contributed by atoms with Crippen molar-refractivity contribution >= 4 is 23.2 Å². The maximum absolute atomic E-state index is 12.5. The number of pyridine rings is 1. The van der Waals surface area contributed by atoms with Crippen molar-refractivity contribution in [2.45, 2.75) is 13.0 Å². The van der Waals surface area contributed by atoms with Crippen molar-refractivity contribution in [1.29, 1.82) is 0 Å². The summed E-state index contributed by atoms with van der Waals surface area (Å²) in [5, 5.41) is 0. The Morgan fingerprint density at radius 2 is 1.88 bits per heavy atom. The molecule has 0 bridgehead atoms. The molecular weight excluding hydrogens is 308 g/mol. The van der Waals surface area contributed by atoms with Crippen LogP contribution in [0.1, 0.15) is 18.5 Å². The third kappa shape index (κ3) is 2.56. The highest BCUT2D eigenvalue weighted by molar-refractivity contribution is 6.48. The third-order valence-electron chi connectivity index (χ3n) is 4.13. The van der Waals surface area contributed by atoms with Crippen molar-refractivity contribution in [2.24, 2.45) is 5.92 Å². The summed E-state index contributed by atoms with van der Waals surface area (Å²) < 4.78 is 5.14. The van der Waals surface area contributed by atoms with Crippen molar-refractivity contribution in [3.05, 3.63) is 54.4 Å². The normalized spacial score (nSPS) is 20.3. The van der Waals surface area contributed by atoms with Gasteiger partial charge in [-0.05, 0) is 36.8 Å². The minimum absolute atomic E-state index is 0.333. The number of carbonyl (C=O) groups is 3. The molecule has 0 aliphatic carbocycles. The van der Waals surface area contributed by atoms with Gasteiger partial charge in [0.1, 0.15) is 17.5 Å². The van der Waals surface area contributed by atoms with Crippen molar-refractivity contribution in [3.63, 3.8) is 0 Å². The van der Waals surface area contributed by atoms with Crippen molar-refractivity contribution in [3.8, 4) is 5.75 Å². The second-order valence-corrected chi connectivity index (χ2v) is 5.56. The summed E-state index contributed by atoms with van der Waals surface area (Å²) in [7, 11) is 1.55. The van der Waals surface area contributed by atoms with Crippen LogP contribution < -0.4 is 9.64 Å². The lowest BCUT2D eigenvalue weighted by atomic mass is 9.90. The molecule has 0 radical (unpaired) electrons. The number of anilines is 1. The molecule has 3 rings (SSSR count). The van der Waals surface area contributed by atoms with Gasteiger partial charge in [0.25, 0.3) is 5.91 Å². The molecule has 0 N–H and O–H groups in total. The number of ether oxygens (including phenoxy) is 1. The van der Waals surface area contributed by atoms with E-state index in [-0.39, 0.29) is 5.78 Å². The molecule has 1 aromatic carbocycles. The topological polar surface area (TPSA) is 76.6 Å². The van der Waals surface area contributed by atoms with E-state index in [0.29, 0.717) is 17.0 Å². The van der Waals surface area contributed by atoms with E-state index in [1.807, 2.05) is 0 Å². The first kappa shape index (κ1) is 15.9. The fraction of sp³-hybridized carbons (Fsp3) is 0.222. The van der Waals surface area contributed by atoms with E-state index in [1.54, 1.807) is 49.7 Å². The summed E-state index contributed by atoms with van der Waals surface area (Å²) in [6.07, 6.45) is 3.08. The van der Waals surface area contributed by atoms with Crippen molar-refractivity contribution < 1.29 is 19.1 Å². The summed E-state index contributed by atoms with van der Waals surface area (Å²) in [5.41, 5.74) is 1.18. The number of ketones is 2. The Morgan fingerprint density at radius 1 is 1.17 bits per heavy atom. The molecule has 1 amide bonds. The van der Waals surface area contributed by atoms with Gasteiger partial charge in [-0.2, -0.15) is 0 Å². The fourth-order valence-corrected chi connectivity index (χ4v) is 2.99. The first-order valence-corrected chi connectivity index (χ1v) is 7.46. The Morgan fingerprint density at radius 3 is 2.42 bits per heavy atom. The van der Waals surface area contributed by atoms with Crippen LogP contribution in [-0.4, -0.2) is 29.6 Å². The average Bonchev–Trinajstić information content (AvgIpc) is 2.87. The summed E-state index contributed by atoms with van der Waals surface area (Å²) in [6.45, 7) is 1.33. The van der Waals surface area contributed by atoms with Crippen LogP contribution in [0.25, 0.3) is 0 Å². The zero-order valence-electron chi connectivity index (χ0n) is 13.3. The maximum Gasteiger partial charge on any atom is 0.295 e. The number of nitrogens with zero attached hydrogens (tertiary/aromatic N) is 2. The van der Waals surface area contributed by atoms with Gasteiger partial charge in [-0.15, -0.1) is 0 Å². The molecular formula is C18H16N2O4. The number of carbonyl (C=O) groups excluding carboxylic acids is 3. The third-order valence-corrected chi connectivity index (χ3v) is 4.13. The molecule has 2 aromatic rings. The summed E-state index contributed by atoms with van der Waals surface area (Å²) in [5.74, 6) is -2.08. The number of aromatic nitrogens is 1. The van der Waals surface area contributed by atoms with Gasteiger partial charge >= 0.3 is 0 Å². The first-order valence-electron chi connectivity index (χ1n) is 7.46. The molecule has 122 valence electrons. The Kier molecular flexibility index (Phi) is 4.12. The largest absolute Gasteiger partial charge is 0.497 e. The predicted molar refractivity (Wildman–Crippen MR) is 86.6 cm³/mol. The van der Waals surface area contributed by atoms with E-state index in [4.69, 9.17) is 4.74 Å². The predicted octanol–water partition coefficient (Wildman–Crippen LogP) is 1.95. The SMILES string of the molecule is COc1ccc(C2C(C(C)=O)C(=O)C(=O)N2c2cccnc2)cc1. The van der Waals surface area contributed by atoms with Gasteiger partial charge in [-0.1, -0.05) is 12.1 Å². The van der Waals surface area contributed by atoms with E-state index < -0.39 is 23.7 Å². The lowest BCUT2D eigenvalue weighted by molar-refractivity contribution is -0.138. The Hall–Kier alpha value is -3.02. The highest BCUT2D eigenvalue weighted by Crippen LogP contribution is 2.40. The maximum atomic E-state index is 12.5. The number of rotatable bonds is 4. The molecule has 6 heteroatoms. The molecule has 1 fully saturated rings. The van der Waals surface area contributed by atoms with Gasteiger partial charge in [0.15, 0.2) is 0 Å². The van der Waals surface area contributed by atoms with E-state index in [0.717, 1.165) is 0 Å². The molecule has 2 unspecified atom stereocenters. The van der Waals surface area contributed by atoms with Gasteiger partial charge in [-0.3, -0.25) is 24.3 Å². The molecule has 1 aliphatic rings. The Balaban J connectivity index is 2.12. The van der Waals surface area contributed by atoms with Crippen molar-refractivity contribution in [2.75, 3.05) is 12.0 Å². The molecule has 2 atom stereocenters. The number of hydrogen-bond donors (Lipinski definition) is 0. The smallest absolute Gasteiger partial charge is 0.295 e. The standard InChI is InChI=1S/C18H16N2O4/c1-11(21)15-16(12-5-7-14(24-2)8-6-12)20(18(23)17(15)22)13-4-3-9-19-10-13/h3-10,15-16H,1-2H3. The van der Waals surface area contributed by atoms with Gasteiger partial charge in [0.2, 0.25) is 5.78 Å². The van der Waals surface area contributed by atoms with Gasteiger partial charge in [0.05, 0.1) is 25.0 Å². The second-order valence-electron chi connectivity index (χ2n) is 5.56. The van der Waals surface area contributed by atoms with Gasteiger partial charge < -0.3 is 4.74 Å². The number of hydrogen-bond acceptors (Lipinski definition) is 5.